The number of carbonyl (C=O) groups is 1. The molecule has 19 heavy (non-hydrogen) atoms. The summed E-state index contributed by atoms with van der Waals surface area (Å²) in [5.74, 6) is 0. The van der Waals surface area contributed by atoms with Gasteiger partial charge in [-0.25, -0.2) is 8.68 Å². The van der Waals surface area contributed by atoms with E-state index in [0.29, 0.717) is 0 Å². The first-order valence-corrected chi connectivity index (χ1v) is 7.10. The summed E-state index contributed by atoms with van der Waals surface area (Å²) >= 11 is 0. The van der Waals surface area contributed by atoms with Gasteiger partial charge in [0, 0.05) is 0 Å². The van der Waals surface area contributed by atoms with E-state index in [9.17, 15) is 26.4 Å². The molecule has 0 aromatic carbocycles. The number of hydrogen-bond acceptors (Lipinski definition) is 4. The van der Waals surface area contributed by atoms with Gasteiger partial charge in [0.25, 0.3) is 0 Å². The van der Waals surface area contributed by atoms with Gasteiger partial charge in [-0.15, -0.1) is 0 Å². The Bertz CT molecular complexity index is 396. The van der Waals surface area contributed by atoms with Crippen molar-refractivity contribution in [2.75, 3.05) is 26.2 Å². The number of rotatable bonds is 6. The number of halogens is 3. The molecule has 0 saturated heterocycles. The van der Waals surface area contributed by atoms with Gasteiger partial charge in [-0.3, -0.25) is 0 Å². The summed E-state index contributed by atoms with van der Waals surface area (Å²) < 4.78 is 64.2. The Balaban J connectivity index is 4.82. The van der Waals surface area contributed by atoms with Gasteiger partial charge in [-0.1, -0.05) is 0 Å². The van der Waals surface area contributed by atoms with Crippen LogP contribution in [0.4, 0.5) is 18.0 Å². The van der Waals surface area contributed by atoms with Gasteiger partial charge < -0.3 is 4.74 Å². The van der Waals surface area contributed by atoms with Crippen molar-refractivity contribution in [2.45, 2.75) is 26.9 Å². The van der Waals surface area contributed by atoms with Crippen LogP contribution in [0.2, 0.25) is 0 Å². The minimum absolute atomic E-state index is 0.175. The Kier molecular flexibility index (Phi) is 6.07. The lowest BCUT2D eigenvalue weighted by Crippen LogP contribution is -2.58. The number of ether oxygens (including phenoxy) is 1. The van der Waals surface area contributed by atoms with Crippen molar-refractivity contribution in [1.29, 1.82) is 0 Å². The van der Waals surface area contributed by atoms with Gasteiger partial charge in [0.05, 0.1) is 19.6 Å². The number of nitrogens with one attached hydrogen (secondary N) is 1. The van der Waals surface area contributed by atoms with Crippen LogP contribution in [0.3, 0.4) is 0 Å². The maximum absolute atomic E-state index is 12.0. The van der Waals surface area contributed by atoms with Crippen molar-refractivity contribution < 1.29 is 35.0 Å². The first-order chi connectivity index (χ1) is 8.53. The molecule has 1 N–H and O–H groups in total. The third kappa shape index (κ3) is 4.86. The minimum Gasteiger partial charge on any atom is -0.439 e. The number of nitrogens with zero attached hydrogens (tertiary/aromatic N) is 1. The molecule has 0 aromatic rings. The highest BCUT2D eigenvalue weighted by molar-refractivity contribution is 7.84. The Labute approximate surface area is 110 Å². The normalized spacial score (nSPS) is 13.2. The summed E-state index contributed by atoms with van der Waals surface area (Å²) in [6.45, 7) is 3.51. The molecule has 0 atom stereocenters. The predicted molar refractivity (Wildman–Crippen MR) is 61.3 cm³/mol. The van der Waals surface area contributed by atoms with Crippen molar-refractivity contribution in [3.63, 3.8) is 0 Å². The average Bonchev–Trinajstić information content (AvgIpc) is 2.27. The molecule has 0 radical (unpaired) electrons. The van der Waals surface area contributed by atoms with Crippen molar-refractivity contribution in [3.8, 4) is 0 Å². The van der Waals surface area contributed by atoms with Crippen molar-refractivity contribution in [3.05, 3.63) is 0 Å². The van der Waals surface area contributed by atoms with Gasteiger partial charge in [0.2, 0.25) is 0 Å². The van der Waals surface area contributed by atoms with E-state index >= 15 is 0 Å². The Hall–Kier alpha value is -1.03. The lowest BCUT2D eigenvalue weighted by Gasteiger charge is -2.32. The van der Waals surface area contributed by atoms with Gasteiger partial charge in [0.1, 0.15) is 0 Å². The number of quaternary nitrogens is 1. The highest BCUT2D eigenvalue weighted by Crippen LogP contribution is 2.16. The van der Waals surface area contributed by atoms with Crippen LogP contribution in [0.1, 0.15) is 20.8 Å². The minimum atomic E-state index is -4.70. The molecule has 1 amide bonds. The summed E-state index contributed by atoms with van der Waals surface area (Å²) in [4.78, 5) is 11.1. The summed E-state index contributed by atoms with van der Waals surface area (Å²) in [7, 11) is -4.16. The Morgan fingerprint density at radius 1 is 1.16 bits per heavy atom. The molecule has 0 aliphatic carbocycles. The predicted octanol–water partition coefficient (Wildman–Crippen LogP) is 1.40. The first kappa shape index (κ1) is 18.0. The third-order valence-corrected chi connectivity index (χ3v) is 5.04. The van der Waals surface area contributed by atoms with E-state index in [1.54, 1.807) is 20.8 Å². The van der Waals surface area contributed by atoms with E-state index in [0.717, 1.165) is 0 Å². The van der Waals surface area contributed by atoms with Crippen LogP contribution in [-0.2, 0) is 14.9 Å². The molecule has 0 aliphatic heterocycles. The fourth-order valence-corrected chi connectivity index (χ4v) is 3.04. The van der Waals surface area contributed by atoms with Crippen molar-refractivity contribution in [1.82, 2.24) is 4.72 Å². The molecule has 6 nitrogen and oxygen atoms in total. The van der Waals surface area contributed by atoms with Gasteiger partial charge >= 0.3 is 22.5 Å². The van der Waals surface area contributed by atoms with Crippen LogP contribution < -0.4 is 4.72 Å². The third-order valence-electron chi connectivity index (χ3n) is 2.82. The zero-order chi connectivity index (χ0) is 15.3. The fourth-order valence-electron chi connectivity index (χ4n) is 1.56. The summed E-state index contributed by atoms with van der Waals surface area (Å²) in [5, 5.41) is 0. The monoisotopic (exact) mass is 307 g/mol. The molecule has 0 unspecified atom stereocenters. The SMILES string of the molecule is CC[N+](CC)(CC)S(=O)(=O)NC(=O)OCC(F)(F)F. The van der Waals surface area contributed by atoms with Crippen molar-refractivity contribution >= 4 is 16.3 Å². The van der Waals surface area contributed by atoms with Gasteiger partial charge in [0.15, 0.2) is 6.61 Å². The number of carbonyl (C=O) groups excluding carboxylic acids is 1. The highest BCUT2D eigenvalue weighted by atomic mass is 32.2. The average molecular weight is 307 g/mol. The molecule has 0 heterocycles. The molecule has 0 bridgehead atoms. The maximum atomic E-state index is 12.0. The lowest BCUT2D eigenvalue weighted by atomic mass is 10.5. The molecule has 0 aliphatic rings. The number of hydrogen-bond donors (Lipinski definition) is 1. The van der Waals surface area contributed by atoms with E-state index in [1.165, 1.54) is 4.72 Å². The molecule has 114 valence electrons. The molecule has 0 spiro atoms. The molecule has 0 saturated carbocycles. The zero-order valence-electron chi connectivity index (χ0n) is 11.0. The smallest absolute Gasteiger partial charge is 0.425 e. The second-order valence-electron chi connectivity index (χ2n) is 3.78. The van der Waals surface area contributed by atoms with Crippen LogP contribution in [0.25, 0.3) is 0 Å². The standard InChI is InChI=1S/C9H17F3N2O4S/c1-4-14(5-2,6-3)19(16,17)13-8(15)18-7-9(10,11)12/h4-7H2,1-3H3/p+1. The van der Waals surface area contributed by atoms with Crippen LogP contribution in [0.5, 0.6) is 0 Å². The van der Waals surface area contributed by atoms with E-state index in [-0.39, 0.29) is 19.6 Å². The molecule has 10 heteroatoms. The second kappa shape index (κ2) is 6.42. The summed E-state index contributed by atoms with van der Waals surface area (Å²) in [5.41, 5.74) is 0. The first-order valence-electron chi connectivity index (χ1n) is 5.66. The largest absolute Gasteiger partial charge is 0.439 e. The molecule has 0 fully saturated rings. The number of amides is 1. The van der Waals surface area contributed by atoms with E-state index in [1.807, 2.05) is 0 Å². The molecular formula is C9H18F3N2O4S+. The Morgan fingerprint density at radius 2 is 1.58 bits per heavy atom. The topological polar surface area (TPSA) is 72.5 Å². The highest BCUT2D eigenvalue weighted by Gasteiger charge is 2.40. The lowest BCUT2D eigenvalue weighted by molar-refractivity contribution is -0.801. The van der Waals surface area contributed by atoms with Crippen LogP contribution in [0.15, 0.2) is 0 Å². The number of alkyl halides is 3. The maximum Gasteiger partial charge on any atom is 0.425 e. The van der Waals surface area contributed by atoms with Crippen LogP contribution in [0, 0.1) is 0 Å². The molecular weight excluding hydrogens is 289 g/mol. The zero-order valence-corrected chi connectivity index (χ0v) is 11.8. The van der Waals surface area contributed by atoms with Crippen LogP contribution >= 0.6 is 0 Å². The quantitative estimate of drug-likeness (QED) is 0.753. The van der Waals surface area contributed by atoms with Gasteiger partial charge in [-0.05, 0) is 20.8 Å². The van der Waals surface area contributed by atoms with Gasteiger partial charge in [-0.2, -0.15) is 26.3 Å². The van der Waals surface area contributed by atoms with Crippen LogP contribution in [-0.4, -0.2) is 50.8 Å². The molecule has 0 aromatic heterocycles. The van der Waals surface area contributed by atoms with E-state index < -0.39 is 33.0 Å². The summed E-state index contributed by atoms with van der Waals surface area (Å²) in [6, 6.07) is 0. The summed E-state index contributed by atoms with van der Waals surface area (Å²) in [6.07, 6.45) is -6.33. The van der Waals surface area contributed by atoms with E-state index in [2.05, 4.69) is 4.74 Å². The second-order valence-corrected chi connectivity index (χ2v) is 5.70. The Morgan fingerprint density at radius 3 is 1.89 bits per heavy atom. The van der Waals surface area contributed by atoms with E-state index in [4.69, 9.17) is 0 Å². The molecule has 0 rings (SSSR count). The fraction of sp³-hybridized carbons (Fsp3) is 0.889. The van der Waals surface area contributed by atoms with Crippen molar-refractivity contribution in [2.24, 2.45) is 0 Å².